The number of amides is 1. The molecule has 0 radical (unpaired) electrons. The lowest BCUT2D eigenvalue weighted by Gasteiger charge is -2.34. The van der Waals surface area contributed by atoms with Crippen molar-refractivity contribution < 1.29 is 13.2 Å². The van der Waals surface area contributed by atoms with Crippen molar-refractivity contribution in [2.45, 2.75) is 25.3 Å². The summed E-state index contributed by atoms with van der Waals surface area (Å²) in [5, 5.41) is 2.06. The number of sulfonamides is 1. The highest BCUT2D eigenvalue weighted by atomic mass is 32.2. The second kappa shape index (κ2) is 8.73. The standard InChI is InChI=1S/C20H27N3O3S2/c1-16-4-6-18(7-5-16)28(25,26)23-11-9-22(10-12-23)20(24)15-21(3)14-19-17(2)8-13-27-19/h4-8,13H,9-12,14-15H2,1-3H3. The molecule has 0 N–H and O–H groups in total. The molecule has 1 aromatic heterocycles. The van der Waals surface area contributed by atoms with E-state index in [1.807, 2.05) is 18.9 Å². The van der Waals surface area contributed by atoms with Crippen LogP contribution < -0.4 is 0 Å². The number of thiophene rings is 1. The van der Waals surface area contributed by atoms with E-state index in [4.69, 9.17) is 0 Å². The molecule has 0 atom stereocenters. The smallest absolute Gasteiger partial charge is 0.243 e. The Labute approximate surface area is 171 Å². The van der Waals surface area contributed by atoms with Crippen LogP contribution in [0.15, 0.2) is 40.6 Å². The van der Waals surface area contributed by atoms with Crippen LogP contribution >= 0.6 is 11.3 Å². The summed E-state index contributed by atoms with van der Waals surface area (Å²) >= 11 is 1.70. The second-order valence-corrected chi connectivity index (χ2v) is 10.2. The van der Waals surface area contributed by atoms with Crippen LogP contribution in [0, 0.1) is 13.8 Å². The lowest BCUT2D eigenvalue weighted by molar-refractivity contribution is -0.133. The summed E-state index contributed by atoms with van der Waals surface area (Å²) in [5.74, 6) is 0.0455. The van der Waals surface area contributed by atoms with Crippen LogP contribution in [0.5, 0.6) is 0 Å². The summed E-state index contributed by atoms with van der Waals surface area (Å²) in [4.78, 5) is 18.0. The zero-order valence-corrected chi connectivity index (χ0v) is 18.2. The minimum absolute atomic E-state index is 0.0455. The van der Waals surface area contributed by atoms with Crippen molar-refractivity contribution in [2.24, 2.45) is 0 Å². The van der Waals surface area contributed by atoms with Crippen LogP contribution in [0.25, 0.3) is 0 Å². The zero-order valence-electron chi connectivity index (χ0n) is 16.6. The van der Waals surface area contributed by atoms with E-state index in [-0.39, 0.29) is 5.91 Å². The van der Waals surface area contributed by atoms with E-state index in [0.717, 1.165) is 12.1 Å². The highest BCUT2D eigenvalue weighted by molar-refractivity contribution is 7.89. The monoisotopic (exact) mass is 421 g/mol. The Morgan fingerprint density at radius 2 is 1.71 bits per heavy atom. The predicted octanol–water partition coefficient (Wildman–Crippen LogP) is 2.33. The highest BCUT2D eigenvalue weighted by Gasteiger charge is 2.30. The average molecular weight is 422 g/mol. The Morgan fingerprint density at radius 1 is 1.07 bits per heavy atom. The van der Waals surface area contributed by atoms with E-state index in [1.165, 1.54) is 14.7 Å². The molecule has 0 bridgehead atoms. The van der Waals surface area contributed by atoms with Crippen LogP contribution in [-0.2, 0) is 21.4 Å². The molecule has 6 nitrogen and oxygen atoms in total. The molecule has 1 aliphatic heterocycles. The molecule has 0 saturated carbocycles. The van der Waals surface area contributed by atoms with Gasteiger partial charge < -0.3 is 4.90 Å². The van der Waals surface area contributed by atoms with Gasteiger partial charge in [0, 0.05) is 37.6 Å². The van der Waals surface area contributed by atoms with Gasteiger partial charge >= 0.3 is 0 Å². The number of likely N-dealkylation sites (N-methyl/N-ethyl adjacent to an activating group) is 1. The summed E-state index contributed by atoms with van der Waals surface area (Å²) in [6.07, 6.45) is 0. The van der Waals surface area contributed by atoms with Crippen molar-refractivity contribution in [3.05, 3.63) is 51.7 Å². The Bertz CT molecular complexity index is 914. The normalized spacial score (nSPS) is 15.9. The SMILES string of the molecule is Cc1ccc(S(=O)(=O)N2CCN(C(=O)CN(C)Cc3sccc3C)CC2)cc1. The topological polar surface area (TPSA) is 60.9 Å². The molecule has 1 fully saturated rings. The number of hydrogen-bond acceptors (Lipinski definition) is 5. The molecule has 1 aliphatic rings. The van der Waals surface area contributed by atoms with Crippen LogP contribution in [0.3, 0.4) is 0 Å². The van der Waals surface area contributed by atoms with E-state index in [9.17, 15) is 13.2 Å². The van der Waals surface area contributed by atoms with Gasteiger partial charge in [-0.05, 0) is 50.0 Å². The fraction of sp³-hybridized carbons (Fsp3) is 0.450. The number of rotatable bonds is 6. The van der Waals surface area contributed by atoms with Gasteiger partial charge in [-0.3, -0.25) is 9.69 Å². The lowest BCUT2D eigenvalue weighted by atomic mass is 10.2. The van der Waals surface area contributed by atoms with Gasteiger partial charge in [-0.1, -0.05) is 17.7 Å². The molecule has 0 spiro atoms. The van der Waals surface area contributed by atoms with Gasteiger partial charge in [0.05, 0.1) is 11.4 Å². The molecule has 152 valence electrons. The summed E-state index contributed by atoms with van der Waals surface area (Å²) in [5.41, 5.74) is 2.27. The first-order chi connectivity index (χ1) is 13.3. The van der Waals surface area contributed by atoms with Crippen LogP contribution in [0.1, 0.15) is 16.0 Å². The summed E-state index contributed by atoms with van der Waals surface area (Å²) in [7, 11) is -1.56. The maximum Gasteiger partial charge on any atom is 0.243 e. The quantitative estimate of drug-likeness (QED) is 0.718. The Morgan fingerprint density at radius 3 is 2.29 bits per heavy atom. The summed E-state index contributed by atoms with van der Waals surface area (Å²) in [6.45, 7) is 6.60. The highest BCUT2D eigenvalue weighted by Crippen LogP contribution is 2.19. The van der Waals surface area contributed by atoms with E-state index in [0.29, 0.717) is 37.6 Å². The van der Waals surface area contributed by atoms with Crippen molar-refractivity contribution in [1.29, 1.82) is 0 Å². The molecule has 1 aromatic carbocycles. The number of nitrogens with zero attached hydrogens (tertiary/aromatic N) is 3. The molecule has 3 rings (SSSR count). The van der Waals surface area contributed by atoms with Gasteiger partial charge in [0.1, 0.15) is 0 Å². The van der Waals surface area contributed by atoms with Crippen molar-refractivity contribution in [3.63, 3.8) is 0 Å². The number of piperazine rings is 1. The maximum atomic E-state index is 12.8. The van der Waals surface area contributed by atoms with E-state index in [1.54, 1.807) is 40.5 Å². The summed E-state index contributed by atoms with van der Waals surface area (Å²) < 4.78 is 27.0. The van der Waals surface area contributed by atoms with Gasteiger partial charge in [0.2, 0.25) is 15.9 Å². The molecule has 0 aliphatic carbocycles. The fourth-order valence-electron chi connectivity index (χ4n) is 3.24. The Hall–Kier alpha value is -1.74. The number of aryl methyl sites for hydroxylation is 2. The van der Waals surface area contributed by atoms with Gasteiger partial charge in [-0.2, -0.15) is 4.31 Å². The second-order valence-electron chi connectivity index (χ2n) is 7.30. The van der Waals surface area contributed by atoms with E-state index in [2.05, 4.69) is 18.4 Å². The van der Waals surface area contributed by atoms with Crippen LogP contribution in [-0.4, -0.2) is 68.2 Å². The van der Waals surface area contributed by atoms with Gasteiger partial charge in [0.15, 0.2) is 0 Å². The number of carbonyl (C=O) groups is 1. The molecule has 1 amide bonds. The minimum atomic E-state index is -3.50. The fourth-order valence-corrected chi connectivity index (χ4v) is 5.64. The molecule has 0 unspecified atom stereocenters. The van der Waals surface area contributed by atoms with E-state index >= 15 is 0 Å². The van der Waals surface area contributed by atoms with Crippen molar-refractivity contribution in [1.82, 2.24) is 14.1 Å². The van der Waals surface area contributed by atoms with E-state index < -0.39 is 10.0 Å². The minimum Gasteiger partial charge on any atom is -0.339 e. The van der Waals surface area contributed by atoms with Crippen LogP contribution in [0.2, 0.25) is 0 Å². The Balaban J connectivity index is 1.53. The van der Waals surface area contributed by atoms with Gasteiger partial charge in [-0.25, -0.2) is 8.42 Å². The van der Waals surface area contributed by atoms with Crippen LogP contribution in [0.4, 0.5) is 0 Å². The molecule has 8 heteroatoms. The van der Waals surface area contributed by atoms with Crippen molar-refractivity contribution in [3.8, 4) is 0 Å². The average Bonchev–Trinajstić information content (AvgIpc) is 3.06. The van der Waals surface area contributed by atoms with Gasteiger partial charge in [-0.15, -0.1) is 11.3 Å². The molecular weight excluding hydrogens is 394 g/mol. The third kappa shape index (κ3) is 4.81. The summed E-state index contributed by atoms with van der Waals surface area (Å²) in [6, 6.07) is 8.98. The maximum absolute atomic E-state index is 12.8. The first-order valence-electron chi connectivity index (χ1n) is 9.33. The van der Waals surface area contributed by atoms with Gasteiger partial charge in [0.25, 0.3) is 0 Å². The Kier molecular flexibility index (Phi) is 6.54. The first kappa shape index (κ1) is 21.0. The zero-order chi connectivity index (χ0) is 20.3. The molecule has 1 saturated heterocycles. The third-order valence-corrected chi connectivity index (χ3v) is 7.96. The third-order valence-electron chi connectivity index (χ3n) is 5.04. The molecule has 2 heterocycles. The predicted molar refractivity (Wildman–Crippen MR) is 112 cm³/mol. The number of benzene rings is 1. The largest absolute Gasteiger partial charge is 0.339 e. The number of hydrogen-bond donors (Lipinski definition) is 0. The van der Waals surface area contributed by atoms with Crippen molar-refractivity contribution >= 4 is 27.3 Å². The number of carbonyl (C=O) groups excluding carboxylic acids is 1. The lowest BCUT2D eigenvalue weighted by Crippen LogP contribution is -2.52. The molecule has 2 aromatic rings. The molecular formula is C20H27N3O3S2. The molecule has 28 heavy (non-hydrogen) atoms. The van der Waals surface area contributed by atoms with Crippen molar-refractivity contribution in [2.75, 3.05) is 39.8 Å². The first-order valence-corrected chi connectivity index (χ1v) is 11.7.